The SMILES string of the molecule is Nc1ccc(-c2ccc(F)nc2)cc1NC(=O)c1ccc(F)cn1. The molecule has 5 nitrogen and oxygen atoms in total. The summed E-state index contributed by atoms with van der Waals surface area (Å²) in [5.41, 5.74) is 8.03. The van der Waals surface area contributed by atoms with Gasteiger partial charge in [-0.1, -0.05) is 6.07 Å². The molecule has 0 atom stereocenters. The minimum Gasteiger partial charge on any atom is -0.397 e. The van der Waals surface area contributed by atoms with E-state index >= 15 is 0 Å². The second-order valence-corrected chi connectivity index (χ2v) is 4.99. The molecular formula is C17H12F2N4O. The Morgan fingerprint density at radius 2 is 1.75 bits per heavy atom. The Morgan fingerprint density at radius 1 is 0.958 bits per heavy atom. The predicted molar refractivity (Wildman–Crippen MR) is 86.2 cm³/mol. The topological polar surface area (TPSA) is 80.9 Å². The molecule has 3 aromatic rings. The smallest absolute Gasteiger partial charge is 0.274 e. The molecule has 0 saturated heterocycles. The third kappa shape index (κ3) is 3.35. The summed E-state index contributed by atoms with van der Waals surface area (Å²) in [4.78, 5) is 19.5. The monoisotopic (exact) mass is 326 g/mol. The molecule has 1 amide bonds. The van der Waals surface area contributed by atoms with Crippen LogP contribution in [0.2, 0.25) is 0 Å². The number of benzene rings is 1. The summed E-state index contributed by atoms with van der Waals surface area (Å²) in [5, 5.41) is 2.62. The van der Waals surface area contributed by atoms with Crippen LogP contribution in [0.15, 0.2) is 54.9 Å². The van der Waals surface area contributed by atoms with E-state index in [4.69, 9.17) is 5.73 Å². The zero-order valence-electron chi connectivity index (χ0n) is 12.3. The Labute approximate surface area is 136 Å². The molecule has 2 aromatic heterocycles. The fourth-order valence-corrected chi connectivity index (χ4v) is 2.09. The number of carbonyl (C=O) groups is 1. The van der Waals surface area contributed by atoms with Gasteiger partial charge in [0.2, 0.25) is 5.95 Å². The van der Waals surface area contributed by atoms with Crippen molar-refractivity contribution in [2.24, 2.45) is 0 Å². The minimum atomic E-state index is -0.579. The summed E-state index contributed by atoms with van der Waals surface area (Å²) in [6.07, 6.45) is 2.34. The van der Waals surface area contributed by atoms with Crippen LogP contribution in [0.5, 0.6) is 0 Å². The van der Waals surface area contributed by atoms with Crippen LogP contribution in [0.4, 0.5) is 20.2 Å². The van der Waals surface area contributed by atoms with Gasteiger partial charge in [0.1, 0.15) is 11.5 Å². The first kappa shape index (κ1) is 15.5. The van der Waals surface area contributed by atoms with Gasteiger partial charge in [-0.15, -0.1) is 0 Å². The number of amides is 1. The van der Waals surface area contributed by atoms with Crippen LogP contribution in [0, 0.1) is 11.8 Å². The van der Waals surface area contributed by atoms with Crippen molar-refractivity contribution >= 4 is 17.3 Å². The molecule has 0 fully saturated rings. The second kappa shape index (κ2) is 6.41. The molecule has 0 aliphatic rings. The van der Waals surface area contributed by atoms with Crippen molar-refractivity contribution in [2.75, 3.05) is 11.1 Å². The van der Waals surface area contributed by atoms with Gasteiger partial charge in [0.05, 0.1) is 17.6 Å². The summed E-state index contributed by atoms with van der Waals surface area (Å²) in [6, 6.07) is 10.2. The maximum atomic E-state index is 12.9. The normalized spacial score (nSPS) is 10.4. The van der Waals surface area contributed by atoms with Crippen molar-refractivity contribution in [3.8, 4) is 11.1 Å². The summed E-state index contributed by atoms with van der Waals surface area (Å²) in [6.45, 7) is 0. The first-order valence-electron chi connectivity index (χ1n) is 6.97. The van der Waals surface area contributed by atoms with E-state index < -0.39 is 17.7 Å². The van der Waals surface area contributed by atoms with E-state index in [2.05, 4.69) is 15.3 Å². The van der Waals surface area contributed by atoms with Crippen molar-refractivity contribution in [3.05, 3.63) is 72.3 Å². The number of nitrogens with zero attached hydrogens (tertiary/aromatic N) is 2. The van der Waals surface area contributed by atoms with Crippen molar-refractivity contribution in [1.82, 2.24) is 9.97 Å². The van der Waals surface area contributed by atoms with Crippen molar-refractivity contribution in [1.29, 1.82) is 0 Å². The van der Waals surface area contributed by atoms with Gasteiger partial charge in [-0.05, 0) is 42.0 Å². The van der Waals surface area contributed by atoms with Crippen molar-refractivity contribution in [2.45, 2.75) is 0 Å². The number of nitrogens with two attached hydrogens (primary N) is 1. The first-order valence-corrected chi connectivity index (χ1v) is 6.97. The lowest BCUT2D eigenvalue weighted by atomic mass is 10.1. The number of nitrogens with one attached hydrogen (secondary N) is 1. The van der Waals surface area contributed by atoms with E-state index in [1.54, 1.807) is 24.3 Å². The fourth-order valence-electron chi connectivity index (χ4n) is 2.09. The number of rotatable bonds is 3. The molecule has 0 bridgehead atoms. The second-order valence-electron chi connectivity index (χ2n) is 4.99. The van der Waals surface area contributed by atoms with Crippen LogP contribution in [0.3, 0.4) is 0 Å². The summed E-state index contributed by atoms with van der Waals surface area (Å²) in [5.74, 6) is -1.63. The number of anilines is 2. The molecule has 7 heteroatoms. The van der Waals surface area contributed by atoms with Gasteiger partial charge >= 0.3 is 0 Å². The highest BCUT2D eigenvalue weighted by atomic mass is 19.1. The van der Waals surface area contributed by atoms with Crippen LogP contribution in [-0.2, 0) is 0 Å². The fraction of sp³-hybridized carbons (Fsp3) is 0. The minimum absolute atomic E-state index is 0.0599. The molecule has 0 spiro atoms. The van der Waals surface area contributed by atoms with E-state index in [1.165, 1.54) is 18.3 Å². The molecule has 120 valence electrons. The molecule has 1 aromatic carbocycles. The van der Waals surface area contributed by atoms with Gasteiger partial charge in [0, 0.05) is 11.8 Å². The van der Waals surface area contributed by atoms with Crippen LogP contribution in [0.25, 0.3) is 11.1 Å². The lowest BCUT2D eigenvalue weighted by Crippen LogP contribution is -2.14. The third-order valence-electron chi connectivity index (χ3n) is 3.32. The molecule has 0 saturated carbocycles. The maximum absolute atomic E-state index is 12.9. The average molecular weight is 326 g/mol. The van der Waals surface area contributed by atoms with E-state index in [0.29, 0.717) is 22.5 Å². The Morgan fingerprint density at radius 3 is 2.42 bits per heavy atom. The zero-order chi connectivity index (χ0) is 17.1. The van der Waals surface area contributed by atoms with Crippen LogP contribution in [-0.4, -0.2) is 15.9 Å². The van der Waals surface area contributed by atoms with Gasteiger partial charge in [-0.25, -0.2) is 14.4 Å². The predicted octanol–water partition coefficient (Wildman–Crippen LogP) is 3.26. The van der Waals surface area contributed by atoms with Crippen LogP contribution in [0.1, 0.15) is 10.5 Å². The molecule has 0 aliphatic carbocycles. The third-order valence-corrected chi connectivity index (χ3v) is 3.32. The molecule has 3 rings (SSSR count). The Balaban J connectivity index is 1.87. The molecule has 0 unspecified atom stereocenters. The van der Waals surface area contributed by atoms with E-state index in [1.807, 2.05) is 0 Å². The maximum Gasteiger partial charge on any atom is 0.274 e. The standard InChI is InChI=1S/C17H12F2N4O/c18-12-3-5-14(21-9-12)17(24)23-15-7-10(1-4-13(15)20)11-2-6-16(19)22-8-11/h1-9H,20H2,(H,23,24). The van der Waals surface area contributed by atoms with Gasteiger partial charge in [-0.3, -0.25) is 4.79 Å². The summed E-state index contributed by atoms with van der Waals surface area (Å²) >= 11 is 0. The van der Waals surface area contributed by atoms with Gasteiger partial charge in [-0.2, -0.15) is 4.39 Å². The molecule has 3 N–H and O–H groups in total. The number of hydrogen-bond donors (Lipinski definition) is 2. The number of pyridine rings is 2. The molecule has 2 heterocycles. The Hall–Kier alpha value is -3.35. The van der Waals surface area contributed by atoms with Crippen LogP contribution >= 0.6 is 0 Å². The van der Waals surface area contributed by atoms with Crippen molar-refractivity contribution in [3.63, 3.8) is 0 Å². The number of halogens is 2. The lowest BCUT2D eigenvalue weighted by molar-refractivity contribution is 0.102. The van der Waals surface area contributed by atoms with E-state index in [0.717, 1.165) is 12.3 Å². The zero-order valence-corrected chi connectivity index (χ0v) is 12.3. The molecular weight excluding hydrogens is 314 g/mol. The van der Waals surface area contributed by atoms with E-state index in [9.17, 15) is 13.6 Å². The Kier molecular flexibility index (Phi) is 4.15. The highest BCUT2D eigenvalue weighted by Crippen LogP contribution is 2.27. The molecule has 0 radical (unpaired) electrons. The molecule has 24 heavy (non-hydrogen) atoms. The highest BCUT2D eigenvalue weighted by molar-refractivity contribution is 6.04. The molecule has 0 aliphatic heterocycles. The van der Waals surface area contributed by atoms with E-state index in [-0.39, 0.29) is 5.69 Å². The van der Waals surface area contributed by atoms with Crippen molar-refractivity contribution < 1.29 is 13.6 Å². The summed E-state index contributed by atoms with van der Waals surface area (Å²) < 4.78 is 25.8. The van der Waals surface area contributed by atoms with Gasteiger partial charge in [0.15, 0.2) is 0 Å². The number of carbonyl (C=O) groups excluding carboxylic acids is 1. The lowest BCUT2D eigenvalue weighted by Gasteiger charge is -2.10. The number of hydrogen-bond acceptors (Lipinski definition) is 4. The van der Waals surface area contributed by atoms with Crippen LogP contribution < -0.4 is 11.1 Å². The highest BCUT2D eigenvalue weighted by Gasteiger charge is 2.11. The number of aromatic nitrogens is 2. The first-order chi connectivity index (χ1) is 11.5. The number of nitrogen functional groups attached to an aromatic ring is 1. The van der Waals surface area contributed by atoms with Gasteiger partial charge < -0.3 is 11.1 Å². The average Bonchev–Trinajstić information content (AvgIpc) is 2.58. The van der Waals surface area contributed by atoms with Gasteiger partial charge in [0.25, 0.3) is 5.91 Å². The quantitative estimate of drug-likeness (QED) is 0.572. The Bertz CT molecular complexity index is 880. The largest absolute Gasteiger partial charge is 0.397 e. The summed E-state index contributed by atoms with van der Waals surface area (Å²) in [7, 11) is 0.